The van der Waals surface area contributed by atoms with Gasteiger partial charge in [0.1, 0.15) is 5.82 Å². The molecule has 6 heteroatoms. The normalized spacial score (nSPS) is 11.0. The average molecular weight is 283 g/mol. The highest BCUT2D eigenvalue weighted by Crippen LogP contribution is 2.08. The zero-order valence-corrected chi connectivity index (χ0v) is 11.8. The van der Waals surface area contributed by atoms with E-state index in [1.165, 1.54) is 5.56 Å². The van der Waals surface area contributed by atoms with Gasteiger partial charge in [-0.1, -0.05) is 24.3 Å². The fraction of sp³-hybridized carbons (Fsp3) is 0.267. The molecule has 0 aliphatic carbocycles. The van der Waals surface area contributed by atoms with Crippen LogP contribution >= 0.6 is 0 Å². The Labute approximate surface area is 122 Å². The number of benzene rings is 1. The Bertz CT molecular complexity index is 735. The molecule has 0 atom stereocenters. The van der Waals surface area contributed by atoms with E-state index >= 15 is 0 Å². The third kappa shape index (κ3) is 3.00. The molecule has 0 bridgehead atoms. The van der Waals surface area contributed by atoms with Gasteiger partial charge in [-0.05, 0) is 36.6 Å². The number of aliphatic hydroxyl groups is 1. The molecule has 2 N–H and O–H groups in total. The topological polar surface area (TPSA) is 75.3 Å². The molecular weight excluding hydrogens is 266 g/mol. The van der Waals surface area contributed by atoms with Gasteiger partial charge in [0.25, 0.3) is 0 Å². The molecule has 1 aromatic carbocycles. The number of aromatic nitrogens is 4. The van der Waals surface area contributed by atoms with Crippen LogP contribution in [-0.2, 0) is 13.0 Å². The molecule has 3 rings (SSSR count). The molecule has 21 heavy (non-hydrogen) atoms. The van der Waals surface area contributed by atoms with Crippen LogP contribution in [0.1, 0.15) is 17.0 Å². The maximum absolute atomic E-state index is 9.01. The van der Waals surface area contributed by atoms with Gasteiger partial charge in [-0.2, -0.15) is 4.52 Å². The summed E-state index contributed by atoms with van der Waals surface area (Å²) in [4.78, 5) is 0. The van der Waals surface area contributed by atoms with Crippen LogP contribution in [0.25, 0.3) is 5.65 Å². The Balaban J connectivity index is 1.61. The number of aryl methyl sites for hydroxylation is 1. The summed E-state index contributed by atoms with van der Waals surface area (Å²) in [6, 6.07) is 11.8. The molecule has 2 aromatic heterocycles. The zero-order chi connectivity index (χ0) is 14.7. The number of aliphatic hydroxyl groups excluding tert-OH is 1. The number of fused-ring (bicyclic) bond motifs is 1. The van der Waals surface area contributed by atoms with E-state index in [0.717, 1.165) is 35.8 Å². The molecule has 0 amide bonds. The minimum atomic E-state index is 0.0841. The highest BCUT2D eigenvalue weighted by atomic mass is 16.3. The second-order valence-corrected chi connectivity index (χ2v) is 4.89. The van der Waals surface area contributed by atoms with Gasteiger partial charge in [-0.15, -0.1) is 15.3 Å². The van der Waals surface area contributed by atoms with Crippen LogP contribution in [0.4, 0.5) is 5.82 Å². The van der Waals surface area contributed by atoms with Gasteiger partial charge in [0.05, 0.1) is 6.61 Å². The summed E-state index contributed by atoms with van der Waals surface area (Å²) in [5.41, 5.74) is 2.90. The van der Waals surface area contributed by atoms with Gasteiger partial charge in [0, 0.05) is 6.54 Å². The van der Waals surface area contributed by atoms with Crippen molar-refractivity contribution in [2.24, 2.45) is 0 Å². The first-order chi connectivity index (χ1) is 10.3. The van der Waals surface area contributed by atoms with Crippen molar-refractivity contribution in [2.75, 3.05) is 11.9 Å². The minimum absolute atomic E-state index is 0.0841. The van der Waals surface area contributed by atoms with E-state index in [2.05, 4.69) is 20.6 Å². The third-order valence-corrected chi connectivity index (χ3v) is 3.34. The fourth-order valence-electron chi connectivity index (χ4n) is 2.14. The minimum Gasteiger partial charge on any atom is -0.392 e. The van der Waals surface area contributed by atoms with Gasteiger partial charge in [0.2, 0.25) is 0 Å². The lowest BCUT2D eigenvalue weighted by atomic mass is 10.1. The lowest BCUT2D eigenvalue weighted by Crippen LogP contribution is -2.08. The molecule has 0 fully saturated rings. The van der Waals surface area contributed by atoms with Crippen molar-refractivity contribution in [1.29, 1.82) is 0 Å². The summed E-state index contributed by atoms with van der Waals surface area (Å²) in [6.07, 6.45) is 0.895. The van der Waals surface area contributed by atoms with Crippen LogP contribution in [0, 0.1) is 6.92 Å². The van der Waals surface area contributed by atoms with E-state index in [1.54, 1.807) is 4.52 Å². The largest absolute Gasteiger partial charge is 0.392 e. The van der Waals surface area contributed by atoms with Crippen LogP contribution in [-0.4, -0.2) is 31.5 Å². The van der Waals surface area contributed by atoms with Crippen molar-refractivity contribution >= 4 is 11.5 Å². The van der Waals surface area contributed by atoms with E-state index in [-0.39, 0.29) is 6.61 Å². The highest BCUT2D eigenvalue weighted by Gasteiger charge is 2.03. The number of anilines is 1. The fourth-order valence-corrected chi connectivity index (χ4v) is 2.14. The first-order valence-electron chi connectivity index (χ1n) is 6.88. The lowest BCUT2D eigenvalue weighted by Gasteiger charge is -2.06. The molecule has 6 nitrogen and oxygen atoms in total. The maximum atomic E-state index is 9.01. The average Bonchev–Trinajstić information content (AvgIpc) is 2.89. The molecule has 0 aliphatic heterocycles. The van der Waals surface area contributed by atoms with Crippen molar-refractivity contribution < 1.29 is 5.11 Å². The van der Waals surface area contributed by atoms with Crippen molar-refractivity contribution in [3.05, 3.63) is 53.3 Å². The smallest absolute Gasteiger partial charge is 0.178 e. The van der Waals surface area contributed by atoms with E-state index in [4.69, 9.17) is 5.11 Å². The predicted octanol–water partition coefficient (Wildman–Crippen LogP) is 1.58. The Morgan fingerprint density at radius 2 is 1.81 bits per heavy atom. The highest BCUT2D eigenvalue weighted by molar-refractivity contribution is 5.43. The number of nitrogens with zero attached hydrogens (tertiary/aromatic N) is 4. The maximum Gasteiger partial charge on any atom is 0.178 e. The Morgan fingerprint density at radius 3 is 2.57 bits per heavy atom. The molecule has 0 saturated heterocycles. The Hall–Kier alpha value is -2.47. The van der Waals surface area contributed by atoms with E-state index in [0.29, 0.717) is 0 Å². The first-order valence-corrected chi connectivity index (χ1v) is 6.88. The van der Waals surface area contributed by atoms with Gasteiger partial charge in [0.15, 0.2) is 11.5 Å². The number of rotatable bonds is 5. The standard InChI is InChI=1S/C15H17N5O/c1-11-17-18-15-7-6-14(19-20(11)15)16-9-8-12-2-4-13(10-21)5-3-12/h2-7,21H,8-10H2,1H3,(H,16,19). The van der Waals surface area contributed by atoms with Gasteiger partial charge >= 0.3 is 0 Å². The second-order valence-electron chi connectivity index (χ2n) is 4.89. The summed E-state index contributed by atoms with van der Waals surface area (Å²) in [6.45, 7) is 2.75. The van der Waals surface area contributed by atoms with Crippen LogP contribution in [0.15, 0.2) is 36.4 Å². The van der Waals surface area contributed by atoms with Crippen LogP contribution in [0.3, 0.4) is 0 Å². The molecule has 0 spiro atoms. The Morgan fingerprint density at radius 1 is 1.05 bits per heavy atom. The van der Waals surface area contributed by atoms with Gasteiger partial charge in [-0.3, -0.25) is 0 Å². The van der Waals surface area contributed by atoms with Crippen molar-refractivity contribution in [1.82, 2.24) is 19.8 Å². The van der Waals surface area contributed by atoms with Crippen molar-refractivity contribution in [3.63, 3.8) is 0 Å². The van der Waals surface area contributed by atoms with E-state index < -0.39 is 0 Å². The van der Waals surface area contributed by atoms with Crippen molar-refractivity contribution in [3.8, 4) is 0 Å². The summed E-state index contributed by atoms with van der Waals surface area (Å²) in [7, 11) is 0. The SMILES string of the molecule is Cc1nnc2ccc(NCCc3ccc(CO)cc3)nn12. The molecular formula is C15H17N5O. The molecule has 0 aliphatic rings. The van der Waals surface area contributed by atoms with Crippen LogP contribution in [0.2, 0.25) is 0 Å². The quantitative estimate of drug-likeness (QED) is 0.743. The number of hydrogen-bond acceptors (Lipinski definition) is 5. The summed E-state index contributed by atoms with van der Waals surface area (Å²) in [5.74, 6) is 1.57. The van der Waals surface area contributed by atoms with Crippen LogP contribution in [0.5, 0.6) is 0 Å². The first kappa shape index (κ1) is 13.5. The van der Waals surface area contributed by atoms with Gasteiger partial charge in [-0.25, -0.2) is 0 Å². The molecule has 0 unspecified atom stereocenters. The van der Waals surface area contributed by atoms with Crippen molar-refractivity contribution in [2.45, 2.75) is 20.0 Å². The molecule has 108 valence electrons. The molecule has 3 aromatic rings. The number of nitrogens with one attached hydrogen (secondary N) is 1. The lowest BCUT2D eigenvalue weighted by molar-refractivity contribution is 0.282. The summed E-state index contributed by atoms with van der Waals surface area (Å²) in [5, 5.41) is 24.7. The molecule has 2 heterocycles. The third-order valence-electron chi connectivity index (χ3n) is 3.34. The number of hydrogen-bond donors (Lipinski definition) is 2. The zero-order valence-electron chi connectivity index (χ0n) is 11.8. The van der Waals surface area contributed by atoms with E-state index in [9.17, 15) is 0 Å². The Kier molecular flexibility index (Phi) is 3.79. The molecule has 0 saturated carbocycles. The van der Waals surface area contributed by atoms with Gasteiger partial charge < -0.3 is 10.4 Å². The monoisotopic (exact) mass is 283 g/mol. The second kappa shape index (κ2) is 5.88. The summed E-state index contributed by atoms with van der Waals surface area (Å²) < 4.78 is 1.72. The predicted molar refractivity (Wildman–Crippen MR) is 80.1 cm³/mol. The van der Waals surface area contributed by atoms with E-state index in [1.807, 2.05) is 43.3 Å². The summed E-state index contributed by atoms with van der Waals surface area (Å²) >= 11 is 0. The van der Waals surface area contributed by atoms with Crippen LogP contribution < -0.4 is 5.32 Å². The molecule has 0 radical (unpaired) electrons.